The van der Waals surface area contributed by atoms with Crippen molar-refractivity contribution in [3.8, 4) is 0 Å². The van der Waals surface area contributed by atoms with Crippen molar-refractivity contribution in [2.75, 3.05) is 0 Å². The Balaban J connectivity index is 0.000000172. The lowest BCUT2D eigenvalue weighted by molar-refractivity contribution is 0.256. The van der Waals surface area contributed by atoms with Gasteiger partial charge in [0.2, 0.25) is 0 Å². The molecule has 6 atom stereocenters. The molecule has 0 heterocycles. The smallest absolute Gasteiger partial charge is 0.418 e. The second-order valence-electron chi connectivity index (χ2n) is 29.1. The summed E-state index contributed by atoms with van der Waals surface area (Å²) in [7, 11) is -15.9. The molecule has 0 radical (unpaired) electrons. The standard InChI is InChI=1S/3C24H35P.3BF4/c3*1-17-18(2)24(3,23-12-8-7-11-22(17)23)19-13-15-21(16-14-19)25-20-9-5-4-6-10-20;3*2-1(3,4)5/h3*7-8,11-12,19-21,25H,4-6,9-10,13-16H2,1-3H3;;;/q;;;3*-1/p+3. The highest BCUT2D eigenvalue weighted by molar-refractivity contribution is 7.40. The monoisotopic (exact) mass is 1330 g/mol. The topological polar surface area (TPSA) is 0 Å². The zero-order chi connectivity index (χ0) is 65.8. The van der Waals surface area contributed by atoms with E-state index in [9.17, 15) is 51.8 Å². The van der Waals surface area contributed by atoms with Crippen LogP contribution in [0.5, 0.6) is 0 Å². The largest absolute Gasteiger partial charge is 0.673 e. The van der Waals surface area contributed by atoms with Gasteiger partial charge in [0.05, 0.1) is 34.0 Å². The molecule has 0 N–H and O–H groups in total. The van der Waals surface area contributed by atoms with E-state index in [2.05, 4.69) is 135 Å². The molecule has 9 aliphatic carbocycles. The molecule has 0 spiro atoms. The lowest BCUT2D eigenvalue weighted by Gasteiger charge is -2.41. The highest BCUT2D eigenvalue weighted by Crippen LogP contribution is 2.59. The molecule has 0 amide bonds. The van der Waals surface area contributed by atoms with Crippen molar-refractivity contribution in [3.05, 3.63) is 123 Å². The fraction of sp³-hybridized carbons (Fsp3) is 0.667. The second kappa shape index (κ2) is 33.0. The molecule has 0 aromatic heterocycles. The first-order chi connectivity index (χ1) is 42.3. The van der Waals surface area contributed by atoms with Crippen LogP contribution >= 0.6 is 25.7 Å². The van der Waals surface area contributed by atoms with Gasteiger partial charge in [-0.1, -0.05) is 130 Å². The summed E-state index contributed by atoms with van der Waals surface area (Å²) < 4.78 is 117. The molecule has 0 nitrogen and oxygen atoms in total. The van der Waals surface area contributed by atoms with Crippen molar-refractivity contribution in [1.82, 2.24) is 0 Å². The minimum absolute atomic E-state index is 0.297. The first-order valence-corrected chi connectivity index (χ1v) is 38.8. The molecule has 3 aromatic carbocycles. The Morgan fingerprint density at radius 1 is 0.278 bits per heavy atom. The lowest BCUT2D eigenvalue weighted by atomic mass is 9.64. The fourth-order valence-electron chi connectivity index (χ4n) is 18.5. The maximum Gasteiger partial charge on any atom is 0.673 e. The van der Waals surface area contributed by atoms with Crippen molar-refractivity contribution < 1.29 is 51.8 Å². The SMILES string of the molecule is CC1=C(C)C(C)(C2CCC([PH2+]C3CCCCC3)CC2)c2ccccc21.CC1=C(C)C(C)(C2CCC([PH2+]C3CCCCC3)CC2)c2ccccc21.CC1=C(C)C(C)(C2CCC([PH2+]C3CCCCC3)CC2)c2ccccc21.F[B-](F)(F)F.F[B-](F)(F)F.F[B-](F)(F)F. The van der Waals surface area contributed by atoms with E-state index < -0.39 is 21.8 Å². The summed E-state index contributed by atoms with van der Waals surface area (Å²) in [4.78, 5) is 0. The van der Waals surface area contributed by atoms with Crippen LogP contribution in [0.1, 0.15) is 269 Å². The van der Waals surface area contributed by atoms with Gasteiger partial charge in [0.15, 0.2) is 0 Å². The van der Waals surface area contributed by atoms with Crippen LogP contribution in [0.25, 0.3) is 16.7 Å². The fourth-order valence-corrected chi connectivity index (χ4v) is 25.7. The van der Waals surface area contributed by atoms with Gasteiger partial charge in [-0.05, 0) is 289 Å². The molecule has 0 aliphatic heterocycles. The molecular formula is C72H108B3F12P3. The van der Waals surface area contributed by atoms with Crippen molar-refractivity contribution in [3.63, 3.8) is 0 Å². The normalized spacial score (nSPS) is 30.4. The number of hydrogen-bond donors (Lipinski definition) is 0. The second-order valence-corrected chi connectivity index (χ2v) is 35.9. The summed E-state index contributed by atoms with van der Waals surface area (Å²) in [6.07, 6.45) is 40.8. The van der Waals surface area contributed by atoms with Crippen LogP contribution in [0.3, 0.4) is 0 Å². The molecule has 6 unspecified atom stereocenters. The predicted octanol–water partition coefficient (Wildman–Crippen LogP) is 25.1. The highest BCUT2D eigenvalue weighted by atomic mass is 31.1. The molecule has 6 saturated carbocycles. The minimum atomic E-state index is -6.00. The van der Waals surface area contributed by atoms with Crippen LogP contribution in [0, 0.1) is 17.8 Å². The average molecular weight is 1330 g/mol. The molecule has 90 heavy (non-hydrogen) atoms. The van der Waals surface area contributed by atoms with Crippen LogP contribution in [0.2, 0.25) is 0 Å². The quantitative estimate of drug-likeness (QED) is 0.114. The van der Waals surface area contributed by atoms with Crippen LogP contribution in [0.15, 0.2) is 89.5 Å². The van der Waals surface area contributed by atoms with Crippen LogP contribution in [0.4, 0.5) is 51.8 Å². The van der Waals surface area contributed by atoms with E-state index in [4.69, 9.17) is 0 Å². The van der Waals surface area contributed by atoms with Crippen molar-refractivity contribution in [2.45, 2.75) is 286 Å². The molecule has 12 rings (SSSR count). The Morgan fingerprint density at radius 2 is 0.456 bits per heavy atom. The molecule has 6 fully saturated rings. The van der Waals surface area contributed by atoms with E-state index in [-0.39, 0.29) is 0 Å². The third-order valence-electron chi connectivity index (χ3n) is 24.0. The van der Waals surface area contributed by atoms with Gasteiger partial charge < -0.3 is 51.8 Å². The zero-order valence-electron chi connectivity index (χ0n) is 55.7. The van der Waals surface area contributed by atoms with Gasteiger partial charge in [0.1, 0.15) is 0 Å². The number of benzene rings is 3. The molecule has 504 valence electrons. The summed E-state index contributed by atoms with van der Waals surface area (Å²) in [5, 5.41) is 0. The number of rotatable bonds is 9. The van der Waals surface area contributed by atoms with E-state index in [1.807, 2.05) is 0 Å². The molecule has 0 saturated heterocycles. The number of hydrogen-bond acceptors (Lipinski definition) is 0. The number of allylic oxidation sites excluding steroid dienone is 6. The molecule has 0 bridgehead atoms. The van der Waals surface area contributed by atoms with Gasteiger partial charge >= 0.3 is 21.8 Å². The van der Waals surface area contributed by atoms with Gasteiger partial charge in [-0.15, -0.1) is 0 Å². The summed E-state index contributed by atoms with van der Waals surface area (Å²) in [5.74, 6) is 2.56. The molecular weight excluding hydrogens is 1220 g/mol. The van der Waals surface area contributed by atoms with E-state index in [0.717, 1.165) is 51.7 Å². The Hall–Kier alpha value is -2.48. The third kappa shape index (κ3) is 20.1. The Morgan fingerprint density at radius 3 is 0.656 bits per heavy atom. The van der Waals surface area contributed by atoms with E-state index in [1.54, 1.807) is 88.7 Å². The molecule has 3 aromatic rings. The van der Waals surface area contributed by atoms with E-state index in [0.29, 0.717) is 42.0 Å². The lowest BCUT2D eigenvalue weighted by Crippen LogP contribution is -2.35. The van der Waals surface area contributed by atoms with Crippen molar-refractivity contribution in [1.29, 1.82) is 0 Å². The Bertz CT molecular complexity index is 2520. The van der Waals surface area contributed by atoms with Crippen LogP contribution < -0.4 is 0 Å². The van der Waals surface area contributed by atoms with Gasteiger partial charge in [-0.3, -0.25) is 0 Å². The van der Waals surface area contributed by atoms with Crippen LogP contribution in [-0.4, -0.2) is 55.7 Å². The van der Waals surface area contributed by atoms with Crippen molar-refractivity contribution >= 4 is 64.2 Å². The Kier molecular flexibility index (Phi) is 27.5. The van der Waals surface area contributed by atoms with Crippen molar-refractivity contribution in [2.24, 2.45) is 17.8 Å². The maximum absolute atomic E-state index is 9.75. The van der Waals surface area contributed by atoms with Gasteiger partial charge in [0, 0.05) is 16.2 Å². The Labute approximate surface area is 539 Å². The summed E-state index contributed by atoms with van der Waals surface area (Å²) in [6.45, 7) is 21.9. The number of fused-ring (bicyclic) bond motifs is 3. The first kappa shape index (κ1) is 74.9. The maximum atomic E-state index is 9.75. The summed E-state index contributed by atoms with van der Waals surface area (Å²) >= 11 is 0. The predicted molar refractivity (Wildman–Crippen MR) is 374 cm³/mol. The van der Waals surface area contributed by atoms with Gasteiger partial charge in [-0.2, -0.15) is 0 Å². The van der Waals surface area contributed by atoms with Gasteiger partial charge in [-0.25, -0.2) is 0 Å². The zero-order valence-corrected chi connectivity index (χ0v) is 59.2. The molecule has 18 heteroatoms. The van der Waals surface area contributed by atoms with Crippen LogP contribution in [-0.2, 0) is 16.2 Å². The highest BCUT2D eigenvalue weighted by Gasteiger charge is 2.49. The third-order valence-corrected chi connectivity index (χ3v) is 31.3. The summed E-state index contributed by atoms with van der Waals surface area (Å²) in [5.41, 5.74) is 26.6. The molecule has 9 aliphatic rings. The minimum Gasteiger partial charge on any atom is -0.418 e. The summed E-state index contributed by atoms with van der Waals surface area (Å²) in [6, 6.07) is 27.7. The van der Waals surface area contributed by atoms with E-state index >= 15 is 0 Å². The first-order valence-electron chi connectivity index (χ1n) is 34.8. The average Bonchev–Trinajstić information content (AvgIpc) is 1.60. The van der Waals surface area contributed by atoms with Gasteiger partial charge in [0.25, 0.3) is 0 Å². The van der Waals surface area contributed by atoms with E-state index in [1.165, 1.54) is 152 Å². The number of halogens is 12.